The molecule has 0 saturated heterocycles. The van der Waals surface area contributed by atoms with Gasteiger partial charge in [0.05, 0.1) is 14.2 Å². The number of pyridine rings is 1. The molecule has 0 aliphatic rings. The molecule has 0 saturated carbocycles. The van der Waals surface area contributed by atoms with E-state index in [9.17, 15) is 9.59 Å². The molecular formula is C32H44N6O4S2. The van der Waals surface area contributed by atoms with Crippen molar-refractivity contribution in [2.75, 3.05) is 65.0 Å². The van der Waals surface area contributed by atoms with Crippen molar-refractivity contribution in [3.8, 4) is 11.5 Å². The van der Waals surface area contributed by atoms with E-state index < -0.39 is 5.91 Å². The average molecular weight is 641 g/mol. The number of nitrogens with two attached hydrogens (primary N) is 1. The van der Waals surface area contributed by atoms with Gasteiger partial charge in [-0.05, 0) is 60.5 Å². The summed E-state index contributed by atoms with van der Waals surface area (Å²) in [6.45, 7) is 5.11. The first-order valence-electron chi connectivity index (χ1n) is 14.6. The molecule has 1 aromatic heterocycles. The van der Waals surface area contributed by atoms with Gasteiger partial charge in [0, 0.05) is 67.5 Å². The minimum Gasteiger partial charge on any atom is -0.497 e. The molecule has 44 heavy (non-hydrogen) atoms. The minimum absolute atomic E-state index is 0.187. The lowest BCUT2D eigenvalue weighted by Gasteiger charge is -2.22. The maximum atomic E-state index is 12.6. The minimum atomic E-state index is -0.466. The highest BCUT2D eigenvalue weighted by Gasteiger charge is 2.11. The molecule has 10 nitrogen and oxygen atoms in total. The molecule has 0 aliphatic heterocycles. The summed E-state index contributed by atoms with van der Waals surface area (Å²) in [6.07, 6.45) is 2.23. The van der Waals surface area contributed by atoms with E-state index in [4.69, 9.17) is 15.3 Å². The first kappa shape index (κ1) is 35.2. The van der Waals surface area contributed by atoms with E-state index in [-0.39, 0.29) is 17.2 Å². The van der Waals surface area contributed by atoms with Crippen molar-refractivity contribution in [2.24, 2.45) is 5.84 Å². The molecule has 0 aliphatic carbocycles. The van der Waals surface area contributed by atoms with Crippen LogP contribution in [0.5, 0.6) is 11.5 Å². The Hall–Kier alpha value is -3.29. The van der Waals surface area contributed by atoms with Gasteiger partial charge in [-0.1, -0.05) is 24.3 Å². The van der Waals surface area contributed by atoms with Crippen molar-refractivity contribution in [3.63, 3.8) is 0 Å². The van der Waals surface area contributed by atoms with Gasteiger partial charge in [-0.3, -0.25) is 20.0 Å². The molecule has 5 N–H and O–H groups in total. The predicted octanol–water partition coefficient (Wildman–Crippen LogP) is 3.58. The second kappa shape index (κ2) is 20.6. The summed E-state index contributed by atoms with van der Waals surface area (Å²) in [5, 5.41) is 6.49. The van der Waals surface area contributed by atoms with Gasteiger partial charge in [0.15, 0.2) is 0 Å². The molecule has 3 rings (SSSR count). The van der Waals surface area contributed by atoms with Crippen molar-refractivity contribution in [1.29, 1.82) is 0 Å². The Morgan fingerprint density at radius 2 is 1.43 bits per heavy atom. The fourth-order valence-corrected chi connectivity index (χ4v) is 6.05. The SMILES string of the molecule is COc1ccc(CSCCNCCN(CCCNC(=O)c2cc(C(=O)NN)ccn2)CCSCc2ccc(OC)cc2)cc1. The van der Waals surface area contributed by atoms with Crippen LogP contribution in [0, 0.1) is 0 Å². The molecule has 0 radical (unpaired) electrons. The lowest BCUT2D eigenvalue weighted by Crippen LogP contribution is -2.36. The van der Waals surface area contributed by atoms with Gasteiger partial charge < -0.3 is 25.0 Å². The fraction of sp³-hybridized carbons (Fsp3) is 0.406. The number of hydrogen-bond donors (Lipinski definition) is 4. The van der Waals surface area contributed by atoms with Crippen LogP contribution in [0.25, 0.3) is 0 Å². The number of carbonyl (C=O) groups excluding carboxylic acids is 2. The van der Waals surface area contributed by atoms with E-state index in [1.54, 1.807) is 14.2 Å². The van der Waals surface area contributed by atoms with Crippen LogP contribution >= 0.6 is 23.5 Å². The zero-order valence-corrected chi connectivity index (χ0v) is 27.2. The smallest absolute Gasteiger partial charge is 0.269 e. The van der Waals surface area contributed by atoms with E-state index >= 15 is 0 Å². The molecule has 0 unspecified atom stereocenters. The standard InChI is InChI=1S/C32H44N6O4S2/c1-41-28-8-4-25(5-9-28)23-43-20-16-34-15-18-38(19-21-44-24-26-6-10-29(42-2)11-7-26)17-3-13-36-32(40)30-22-27(12-14-35-30)31(39)37-33/h4-12,14,22,34H,3,13,15-21,23-24,33H2,1-2H3,(H,36,40)(H,37,39). The number of aromatic nitrogens is 1. The van der Waals surface area contributed by atoms with Crippen molar-refractivity contribution < 1.29 is 19.1 Å². The highest BCUT2D eigenvalue weighted by atomic mass is 32.2. The normalized spacial score (nSPS) is 10.9. The summed E-state index contributed by atoms with van der Waals surface area (Å²) < 4.78 is 10.5. The number of amides is 2. The Labute approximate surface area is 269 Å². The lowest BCUT2D eigenvalue weighted by molar-refractivity contribution is 0.0946. The average Bonchev–Trinajstić information content (AvgIpc) is 3.07. The van der Waals surface area contributed by atoms with Gasteiger partial charge in [-0.25, -0.2) is 5.84 Å². The number of rotatable bonds is 21. The molecule has 2 aromatic carbocycles. The number of nitrogens with one attached hydrogen (secondary N) is 3. The van der Waals surface area contributed by atoms with Gasteiger partial charge in [0.1, 0.15) is 17.2 Å². The number of nitrogen functional groups attached to an aromatic ring is 1. The van der Waals surface area contributed by atoms with Crippen molar-refractivity contribution in [3.05, 3.63) is 89.2 Å². The fourth-order valence-electron chi connectivity index (χ4n) is 4.23. The third kappa shape index (κ3) is 13.1. The third-order valence-corrected chi connectivity index (χ3v) is 8.80. The van der Waals surface area contributed by atoms with Crippen LogP contribution in [0.2, 0.25) is 0 Å². The van der Waals surface area contributed by atoms with E-state index in [1.807, 2.05) is 47.8 Å². The molecule has 0 fully saturated rings. The van der Waals surface area contributed by atoms with Crippen LogP contribution in [-0.2, 0) is 11.5 Å². The topological polar surface area (TPSA) is 131 Å². The molecule has 0 bridgehead atoms. The summed E-state index contributed by atoms with van der Waals surface area (Å²) in [5.74, 6) is 10.1. The largest absolute Gasteiger partial charge is 0.497 e. The molecule has 2 amide bonds. The number of ether oxygens (including phenoxy) is 2. The summed E-state index contributed by atoms with van der Waals surface area (Å²) in [4.78, 5) is 30.9. The van der Waals surface area contributed by atoms with E-state index in [0.29, 0.717) is 6.54 Å². The Morgan fingerprint density at radius 1 is 0.795 bits per heavy atom. The first-order valence-corrected chi connectivity index (χ1v) is 16.9. The number of methoxy groups -OCH3 is 2. The maximum Gasteiger partial charge on any atom is 0.269 e. The number of hydrazine groups is 1. The summed E-state index contributed by atoms with van der Waals surface area (Å²) in [5.41, 5.74) is 5.12. The van der Waals surface area contributed by atoms with Crippen LogP contribution in [0.1, 0.15) is 38.4 Å². The quantitative estimate of drug-likeness (QED) is 0.0593. The molecule has 1 heterocycles. The van der Waals surface area contributed by atoms with Gasteiger partial charge in [-0.2, -0.15) is 23.5 Å². The van der Waals surface area contributed by atoms with Gasteiger partial charge in [0.25, 0.3) is 11.8 Å². The van der Waals surface area contributed by atoms with Crippen LogP contribution in [0.15, 0.2) is 66.9 Å². The maximum absolute atomic E-state index is 12.6. The monoisotopic (exact) mass is 640 g/mol. The molecule has 0 spiro atoms. The van der Waals surface area contributed by atoms with Gasteiger partial charge in [-0.15, -0.1) is 0 Å². The second-order valence-corrected chi connectivity index (χ2v) is 12.1. The molecule has 0 atom stereocenters. The van der Waals surface area contributed by atoms with E-state index in [0.717, 1.165) is 73.7 Å². The first-order chi connectivity index (χ1) is 21.5. The van der Waals surface area contributed by atoms with Gasteiger partial charge >= 0.3 is 0 Å². The zero-order chi connectivity index (χ0) is 31.4. The second-order valence-electron chi connectivity index (χ2n) is 9.91. The number of carbonyl (C=O) groups is 2. The Balaban J connectivity index is 1.38. The highest BCUT2D eigenvalue weighted by molar-refractivity contribution is 7.98. The van der Waals surface area contributed by atoms with Crippen molar-refractivity contribution >= 4 is 35.3 Å². The Kier molecular flexibility index (Phi) is 16.5. The predicted molar refractivity (Wildman–Crippen MR) is 180 cm³/mol. The summed E-state index contributed by atoms with van der Waals surface area (Å²) in [7, 11) is 3.36. The van der Waals surface area contributed by atoms with Crippen LogP contribution in [0.3, 0.4) is 0 Å². The molecule has 238 valence electrons. The van der Waals surface area contributed by atoms with Crippen molar-refractivity contribution in [2.45, 2.75) is 17.9 Å². The van der Waals surface area contributed by atoms with Gasteiger partial charge in [0.2, 0.25) is 0 Å². The third-order valence-electron chi connectivity index (χ3n) is 6.76. The van der Waals surface area contributed by atoms with Crippen LogP contribution < -0.4 is 31.4 Å². The van der Waals surface area contributed by atoms with E-state index in [2.05, 4.69) is 50.2 Å². The van der Waals surface area contributed by atoms with Crippen LogP contribution in [-0.4, -0.2) is 86.7 Å². The number of thioether (sulfide) groups is 2. The lowest BCUT2D eigenvalue weighted by atomic mass is 10.2. The number of nitrogens with zero attached hydrogens (tertiary/aromatic N) is 2. The Bertz CT molecular complexity index is 1260. The molecule has 12 heteroatoms. The van der Waals surface area contributed by atoms with Crippen LogP contribution in [0.4, 0.5) is 0 Å². The van der Waals surface area contributed by atoms with Crippen molar-refractivity contribution in [1.82, 2.24) is 25.9 Å². The Morgan fingerprint density at radius 3 is 2.05 bits per heavy atom. The summed E-state index contributed by atoms with van der Waals surface area (Å²) >= 11 is 3.83. The zero-order valence-electron chi connectivity index (χ0n) is 25.6. The number of benzene rings is 2. The highest BCUT2D eigenvalue weighted by Crippen LogP contribution is 2.17. The summed E-state index contributed by atoms with van der Waals surface area (Å²) in [6, 6.07) is 19.4. The number of hydrogen-bond acceptors (Lipinski definition) is 10. The molecular weight excluding hydrogens is 597 g/mol. The van der Waals surface area contributed by atoms with E-state index in [1.165, 1.54) is 29.5 Å². The molecule has 3 aromatic rings.